The lowest BCUT2D eigenvalue weighted by atomic mass is 9.77. The van der Waals surface area contributed by atoms with Gasteiger partial charge in [-0.15, -0.1) is 0 Å². The number of Topliss-reactive ketones (excluding diaryl/α,β-unsaturated/α-hetero) is 1. The molecule has 0 aliphatic heterocycles. The number of ketones is 1. The van der Waals surface area contributed by atoms with Crippen molar-refractivity contribution in [2.24, 2.45) is 11.3 Å². The molecule has 2 unspecified atom stereocenters. The molecule has 36 heavy (non-hydrogen) atoms. The van der Waals surface area contributed by atoms with Gasteiger partial charge in [0.1, 0.15) is 11.5 Å². The summed E-state index contributed by atoms with van der Waals surface area (Å²) < 4.78 is 10.7. The highest BCUT2D eigenvalue weighted by molar-refractivity contribution is 6.04. The van der Waals surface area contributed by atoms with E-state index in [0.717, 1.165) is 0 Å². The minimum absolute atomic E-state index is 0.171. The molecule has 1 aliphatic rings. The minimum atomic E-state index is -0.820. The number of carbonyl (C=O) groups is 3. The van der Waals surface area contributed by atoms with Crippen molar-refractivity contribution in [2.45, 2.75) is 93.5 Å². The van der Waals surface area contributed by atoms with Crippen LogP contribution in [0.3, 0.4) is 0 Å². The molecule has 2 amide bonds. The first-order valence-electron chi connectivity index (χ1n) is 13.0. The number of nitrogens with zero attached hydrogens (tertiary/aromatic N) is 1. The molecule has 0 heterocycles. The second-order valence-corrected chi connectivity index (χ2v) is 9.02. The number of methoxy groups -OCH3 is 2. The Morgan fingerprint density at radius 2 is 1.72 bits per heavy atom. The van der Waals surface area contributed by atoms with Crippen molar-refractivity contribution in [1.82, 2.24) is 10.4 Å². The van der Waals surface area contributed by atoms with E-state index < -0.39 is 23.3 Å². The second kappa shape index (κ2) is 19.6. The van der Waals surface area contributed by atoms with Gasteiger partial charge in [-0.3, -0.25) is 19.6 Å². The molecule has 2 atom stereocenters. The Morgan fingerprint density at radius 3 is 2.14 bits per heavy atom. The largest absolute Gasteiger partial charge is 0.500 e. The molecule has 0 fully saturated rings. The standard InChI is InChI=1S/C21H32N2O6.C5H12.C2H6/c1-7-21(3,4)19(22-20(26)14(2)12-23(27)13-24)18(25)16-10-8-15(28-5)9-11-17(16)29-6;1-3-5-4-2;1-2/h8-10,13-14,19,27H,7,11-12H2,1-6H3,(H,22,26);3-5H2,1-2H3;1-2H3. The predicted molar refractivity (Wildman–Crippen MR) is 144 cm³/mol. The molecule has 8 heteroatoms. The smallest absolute Gasteiger partial charge is 0.233 e. The average molecular weight is 511 g/mol. The maximum Gasteiger partial charge on any atom is 0.233 e. The highest BCUT2D eigenvalue weighted by atomic mass is 16.5. The molecule has 0 aromatic heterocycles. The van der Waals surface area contributed by atoms with Crippen molar-refractivity contribution >= 4 is 18.1 Å². The summed E-state index contributed by atoms with van der Waals surface area (Å²) in [7, 11) is 3.04. The van der Waals surface area contributed by atoms with E-state index in [2.05, 4.69) is 19.2 Å². The van der Waals surface area contributed by atoms with E-state index in [4.69, 9.17) is 9.47 Å². The van der Waals surface area contributed by atoms with Crippen LogP contribution >= 0.6 is 0 Å². The second-order valence-electron chi connectivity index (χ2n) is 9.02. The van der Waals surface area contributed by atoms with Gasteiger partial charge < -0.3 is 14.8 Å². The van der Waals surface area contributed by atoms with Gasteiger partial charge in [0.25, 0.3) is 0 Å². The van der Waals surface area contributed by atoms with E-state index in [9.17, 15) is 19.6 Å². The normalized spacial score (nSPS) is 14.5. The van der Waals surface area contributed by atoms with Crippen LogP contribution in [-0.2, 0) is 23.9 Å². The van der Waals surface area contributed by atoms with Crippen LogP contribution in [0.2, 0.25) is 0 Å². The number of amides is 2. The van der Waals surface area contributed by atoms with Crippen LogP contribution in [0, 0.1) is 11.3 Å². The fraction of sp³-hybridized carbons (Fsp3) is 0.679. The maximum atomic E-state index is 13.5. The molecule has 0 bridgehead atoms. The Balaban J connectivity index is 0. The quantitative estimate of drug-likeness (QED) is 0.191. The van der Waals surface area contributed by atoms with E-state index in [0.29, 0.717) is 35.0 Å². The van der Waals surface area contributed by atoms with Crippen molar-refractivity contribution < 1.29 is 29.1 Å². The first-order valence-corrected chi connectivity index (χ1v) is 13.0. The van der Waals surface area contributed by atoms with Crippen LogP contribution in [0.25, 0.3) is 0 Å². The topological polar surface area (TPSA) is 105 Å². The highest BCUT2D eigenvalue weighted by Crippen LogP contribution is 2.30. The zero-order chi connectivity index (χ0) is 28.3. The summed E-state index contributed by atoms with van der Waals surface area (Å²) in [5.74, 6) is -0.301. The van der Waals surface area contributed by atoms with E-state index >= 15 is 0 Å². The van der Waals surface area contributed by atoms with Crippen molar-refractivity contribution in [1.29, 1.82) is 0 Å². The molecular formula is C28H50N2O6. The molecule has 1 aliphatic carbocycles. The summed E-state index contributed by atoms with van der Waals surface area (Å²) in [6.07, 6.45) is 10.5. The van der Waals surface area contributed by atoms with Gasteiger partial charge in [0.15, 0.2) is 5.78 Å². The molecule has 0 aromatic rings. The van der Waals surface area contributed by atoms with E-state index in [1.165, 1.54) is 26.4 Å². The van der Waals surface area contributed by atoms with Crippen molar-refractivity contribution in [3.63, 3.8) is 0 Å². The monoisotopic (exact) mass is 510 g/mol. The number of ether oxygens (including phenoxy) is 2. The van der Waals surface area contributed by atoms with E-state index in [1.807, 2.05) is 40.7 Å². The number of hydrogen-bond donors (Lipinski definition) is 2. The third kappa shape index (κ3) is 12.4. The molecule has 0 spiro atoms. The van der Waals surface area contributed by atoms with Crippen LogP contribution in [-0.4, -0.2) is 55.2 Å². The van der Waals surface area contributed by atoms with Gasteiger partial charge in [-0.25, -0.2) is 5.06 Å². The molecule has 0 saturated carbocycles. The average Bonchev–Trinajstić information content (AvgIpc) is 3.10. The number of carbonyl (C=O) groups excluding carboxylic acids is 3. The summed E-state index contributed by atoms with van der Waals surface area (Å²) in [6.45, 7) is 15.6. The van der Waals surface area contributed by atoms with Crippen molar-refractivity contribution in [3.8, 4) is 0 Å². The lowest BCUT2D eigenvalue weighted by Crippen LogP contribution is -2.52. The molecule has 0 saturated heterocycles. The SMILES string of the molecule is CC.CCC(C)(C)C(NC(=O)C(C)CN(O)C=O)C(=O)C1=C(OC)CC=C(OC)C=C1.CCCCC. The van der Waals surface area contributed by atoms with Crippen LogP contribution in [0.1, 0.15) is 87.5 Å². The minimum Gasteiger partial charge on any atom is -0.500 e. The number of rotatable bonds is 13. The molecule has 208 valence electrons. The summed E-state index contributed by atoms with van der Waals surface area (Å²) >= 11 is 0. The zero-order valence-electron chi connectivity index (χ0n) is 24.1. The van der Waals surface area contributed by atoms with Gasteiger partial charge in [-0.1, -0.05) is 74.7 Å². The number of unbranched alkanes of at least 4 members (excludes halogenated alkanes) is 2. The third-order valence-electron chi connectivity index (χ3n) is 5.93. The third-order valence-corrected chi connectivity index (χ3v) is 5.93. The molecule has 1 rings (SSSR count). The predicted octanol–water partition coefficient (Wildman–Crippen LogP) is 5.57. The number of allylic oxidation sites excluding steroid dienone is 3. The van der Waals surface area contributed by atoms with Gasteiger partial charge in [0.05, 0.1) is 38.3 Å². The van der Waals surface area contributed by atoms with Crippen molar-refractivity contribution in [2.75, 3.05) is 20.8 Å². The molecule has 8 nitrogen and oxygen atoms in total. The van der Waals surface area contributed by atoms with Gasteiger partial charge in [-0.2, -0.15) is 0 Å². The first kappa shape index (κ1) is 35.6. The summed E-state index contributed by atoms with van der Waals surface area (Å²) in [5, 5.41) is 12.6. The molecule has 0 radical (unpaired) electrons. The Kier molecular flexibility index (Phi) is 19.3. The van der Waals surface area contributed by atoms with E-state index in [1.54, 1.807) is 26.2 Å². The highest BCUT2D eigenvalue weighted by Gasteiger charge is 2.38. The van der Waals surface area contributed by atoms with Crippen LogP contribution < -0.4 is 5.32 Å². The van der Waals surface area contributed by atoms with E-state index in [-0.39, 0.29) is 18.7 Å². The van der Waals surface area contributed by atoms with Crippen molar-refractivity contribution in [3.05, 3.63) is 35.3 Å². The fourth-order valence-corrected chi connectivity index (χ4v) is 3.21. The number of nitrogens with one attached hydrogen (secondary N) is 1. The van der Waals surface area contributed by atoms with Gasteiger partial charge in [0.2, 0.25) is 12.3 Å². The summed E-state index contributed by atoms with van der Waals surface area (Å²) in [5.41, 5.74) is -0.175. The lowest BCUT2D eigenvalue weighted by molar-refractivity contribution is -0.154. The summed E-state index contributed by atoms with van der Waals surface area (Å²) in [4.78, 5) is 36.7. The lowest BCUT2D eigenvalue weighted by Gasteiger charge is -2.34. The molecule has 2 N–H and O–H groups in total. The Bertz CT molecular complexity index is 753. The Labute approximate surface area is 218 Å². The zero-order valence-corrected chi connectivity index (χ0v) is 24.1. The van der Waals surface area contributed by atoms with Crippen LogP contribution in [0.4, 0.5) is 0 Å². The van der Waals surface area contributed by atoms with Gasteiger partial charge >= 0.3 is 0 Å². The number of hydroxylamine groups is 2. The van der Waals surface area contributed by atoms with Crippen LogP contribution in [0.15, 0.2) is 35.3 Å². The molecule has 0 aromatic carbocycles. The first-order chi connectivity index (χ1) is 17.0. The summed E-state index contributed by atoms with van der Waals surface area (Å²) in [6, 6.07) is -0.820. The van der Waals surface area contributed by atoms with Gasteiger partial charge in [0, 0.05) is 6.42 Å². The van der Waals surface area contributed by atoms with Gasteiger partial charge in [-0.05, 0) is 30.1 Å². The Hall–Kier alpha value is -2.61. The van der Waals surface area contributed by atoms with Crippen LogP contribution in [0.5, 0.6) is 0 Å². The Morgan fingerprint density at radius 1 is 1.14 bits per heavy atom. The fourth-order valence-electron chi connectivity index (χ4n) is 3.21. The molecular weight excluding hydrogens is 460 g/mol. The number of hydrogen-bond acceptors (Lipinski definition) is 6. The maximum absolute atomic E-state index is 13.5.